The summed E-state index contributed by atoms with van der Waals surface area (Å²) in [5, 5.41) is 0. The van der Waals surface area contributed by atoms with Crippen molar-refractivity contribution in [1.29, 1.82) is 0 Å². The van der Waals surface area contributed by atoms with Gasteiger partial charge in [0.1, 0.15) is 6.61 Å². The van der Waals surface area contributed by atoms with Crippen LogP contribution in [0.3, 0.4) is 0 Å². The molecule has 10 heteroatoms. The maximum absolute atomic E-state index is 12.7. The van der Waals surface area contributed by atoms with Gasteiger partial charge in [0.05, 0.1) is 13.2 Å². The lowest BCUT2D eigenvalue weighted by atomic mass is 10.0. The Morgan fingerprint density at radius 1 is 0.435 bits per heavy atom. The quantitative estimate of drug-likeness (QED) is 0.0264. The molecule has 0 aliphatic rings. The molecule has 69 heavy (non-hydrogen) atoms. The Morgan fingerprint density at radius 3 is 1.16 bits per heavy atom. The molecule has 2 atom stereocenters. The average Bonchev–Trinajstić information content (AvgIpc) is 3.34. The molecule has 0 bridgehead atoms. The van der Waals surface area contributed by atoms with Gasteiger partial charge in [-0.05, 0) is 77.0 Å². The normalized spacial score (nSPS) is 13.4. The standard InChI is InChI=1S/C59H110NO8P/c1-3-5-7-9-11-13-15-17-19-21-23-24-25-26-27-28-29-30-31-32-34-35-37-39-41-43-45-47-49-51-58(61)65-55-57(56-67-69(63,64)66-54-53-60)68-59(62)52-50-48-46-44-42-40-38-36-33-22-20-18-16-14-12-10-8-6-4-2/h12,14,18,20-21,23,33,36,57H,3-11,13,15-17,19,22,24-32,34-35,37-56,60H2,1-2H3,(H,63,64)/b14-12-,20-18-,23-21-,36-33-. The van der Waals surface area contributed by atoms with Crippen LogP contribution in [0.4, 0.5) is 0 Å². The molecule has 0 heterocycles. The van der Waals surface area contributed by atoms with E-state index in [2.05, 4.69) is 62.5 Å². The summed E-state index contributed by atoms with van der Waals surface area (Å²) in [6, 6.07) is 0. The van der Waals surface area contributed by atoms with Crippen molar-refractivity contribution in [2.45, 2.75) is 290 Å². The van der Waals surface area contributed by atoms with Crippen LogP contribution in [0.2, 0.25) is 0 Å². The summed E-state index contributed by atoms with van der Waals surface area (Å²) in [6.45, 7) is 3.73. The lowest BCUT2D eigenvalue weighted by Gasteiger charge is -2.19. The van der Waals surface area contributed by atoms with Crippen molar-refractivity contribution in [2.75, 3.05) is 26.4 Å². The number of phosphoric ester groups is 1. The van der Waals surface area contributed by atoms with Crippen molar-refractivity contribution in [3.05, 3.63) is 48.6 Å². The van der Waals surface area contributed by atoms with E-state index in [1.54, 1.807) is 0 Å². The van der Waals surface area contributed by atoms with Crippen molar-refractivity contribution in [3.63, 3.8) is 0 Å². The smallest absolute Gasteiger partial charge is 0.462 e. The van der Waals surface area contributed by atoms with Gasteiger partial charge in [0.15, 0.2) is 6.10 Å². The fourth-order valence-corrected chi connectivity index (χ4v) is 9.11. The summed E-state index contributed by atoms with van der Waals surface area (Å²) in [5.74, 6) is -0.832. The zero-order valence-electron chi connectivity index (χ0n) is 45.1. The third kappa shape index (κ3) is 55.1. The second kappa shape index (κ2) is 55.3. The molecule has 0 rings (SSSR count). The number of hydrogen-bond acceptors (Lipinski definition) is 8. The van der Waals surface area contributed by atoms with Gasteiger partial charge >= 0.3 is 19.8 Å². The van der Waals surface area contributed by atoms with E-state index in [0.717, 1.165) is 70.6 Å². The molecule has 0 aromatic heterocycles. The van der Waals surface area contributed by atoms with Crippen molar-refractivity contribution in [3.8, 4) is 0 Å². The molecule has 0 aromatic carbocycles. The first-order valence-electron chi connectivity index (χ1n) is 29.1. The molecule has 3 N–H and O–H groups in total. The van der Waals surface area contributed by atoms with E-state index in [9.17, 15) is 19.0 Å². The van der Waals surface area contributed by atoms with E-state index in [-0.39, 0.29) is 38.6 Å². The Bertz CT molecular complexity index is 1270. The van der Waals surface area contributed by atoms with Crippen LogP contribution in [-0.4, -0.2) is 49.3 Å². The highest BCUT2D eigenvalue weighted by molar-refractivity contribution is 7.47. The summed E-state index contributed by atoms with van der Waals surface area (Å²) < 4.78 is 33.0. The Kier molecular flexibility index (Phi) is 53.7. The van der Waals surface area contributed by atoms with Gasteiger partial charge in [-0.25, -0.2) is 4.57 Å². The van der Waals surface area contributed by atoms with Gasteiger partial charge in [-0.1, -0.05) is 242 Å². The van der Waals surface area contributed by atoms with Crippen molar-refractivity contribution < 1.29 is 37.6 Å². The van der Waals surface area contributed by atoms with Crippen LogP contribution in [0.1, 0.15) is 284 Å². The fourth-order valence-electron chi connectivity index (χ4n) is 8.35. The molecule has 0 saturated heterocycles. The first-order chi connectivity index (χ1) is 33.8. The zero-order valence-corrected chi connectivity index (χ0v) is 45.9. The number of nitrogens with two attached hydrogens (primary N) is 1. The number of allylic oxidation sites excluding steroid dienone is 8. The lowest BCUT2D eigenvalue weighted by molar-refractivity contribution is -0.161. The minimum atomic E-state index is -4.39. The monoisotopic (exact) mass is 992 g/mol. The average molecular weight is 993 g/mol. The summed E-state index contributed by atoms with van der Waals surface area (Å²) in [7, 11) is -4.39. The molecular weight excluding hydrogens is 882 g/mol. The molecule has 2 unspecified atom stereocenters. The topological polar surface area (TPSA) is 134 Å². The molecule has 0 amide bonds. The number of phosphoric acid groups is 1. The summed E-state index contributed by atoms with van der Waals surface area (Å²) in [4.78, 5) is 35.2. The van der Waals surface area contributed by atoms with Gasteiger partial charge in [0.25, 0.3) is 0 Å². The maximum atomic E-state index is 12.7. The second-order valence-electron chi connectivity index (χ2n) is 19.5. The molecule has 0 aliphatic heterocycles. The van der Waals surface area contributed by atoms with E-state index in [1.165, 1.54) is 180 Å². The Balaban J connectivity index is 3.93. The number of rotatable bonds is 55. The predicted octanol–water partition coefficient (Wildman–Crippen LogP) is 18.2. The molecule has 0 aromatic rings. The Morgan fingerprint density at radius 2 is 0.754 bits per heavy atom. The van der Waals surface area contributed by atoms with Crippen molar-refractivity contribution in [1.82, 2.24) is 0 Å². The van der Waals surface area contributed by atoms with Gasteiger partial charge < -0.3 is 20.1 Å². The molecule has 0 radical (unpaired) electrons. The van der Waals surface area contributed by atoms with Gasteiger partial charge in [-0.2, -0.15) is 0 Å². The van der Waals surface area contributed by atoms with Crippen LogP contribution in [-0.2, 0) is 32.7 Å². The van der Waals surface area contributed by atoms with E-state index in [0.29, 0.717) is 6.42 Å². The first kappa shape index (κ1) is 67.0. The minimum absolute atomic E-state index is 0.0508. The molecule has 0 spiro atoms. The number of carbonyl (C=O) groups is 2. The zero-order chi connectivity index (χ0) is 50.2. The molecular formula is C59H110NO8P. The van der Waals surface area contributed by atoms with E-state index >= 15 is 0 Å². The van der Waals surface area contributed by atoms with Crippen LogP contribution in [0.25, 0.3) is 0 Å². The number of esters is 2. The van der Waals surface area contributed by atoms with Crippen LogP contribution >= 0.6 is 7.82 Å². The SMILES string of the molecule is CCCCC/C=C\C/C=C\C/C=C\CCCCCCCCC(=O)OC(COC(=O)CCCCCCCCCCCCCCCCCCC/C=C\CCCCCCCCCC)COP(=O)(O)OCCN. The number of ether oxygens (including phenoxy) is 2. The molecule has 0 saturated carbocycles. The number of unbranched alkanes of at least 4 members (excludes halogenated alkanes) is 34. The number of hydrogen-bond donors (Lipinski definition) is 2. The Hall–Kier alpha value is -2.03. The van der Waals surface area contributed by atoms with E-state index in [1.807, 2.05) is 0 Å². The molecule has 9 nitrogen and oxygen atoms in total. The van der Waals surface area contributed by atoms with Crippen LogP contribution in [0.5, 0.6) is 0 Å². The second-order valence-corrected chi connectivity index (χ2v) is 21.0. The highest BCUT2D eigenvalue weighted by atomic mass is 31.2. The van der Waals surface area contributed by atoms with Gasteiger partial charge in [0.2, 0.25) is 0 Å². The molecule has 0 fully saturated rings. The molecule has 0 aliphatic carbocycles. The van der Waals surface area contributed by atoms with Crippen molar-refractivity contribution in [2.24, 2.45) is 5.73 Å². The predicted molar refractivity (Wildman–Crippen MR) is 293 cm³/mol. The number of carbonyl (C=O) groups excluding carboxylic acids is 2. The summed E-state index contributed by atoms with van der Waals surface area (Å²) >= 11 is 0. The first-order valence-corrected chi connectivity index (χ1v) is 30.6. The van der Waals surface area contributed by atoms with Gasteiger partial charge in [-0.3, -0.25) is 18.6 Å². The van der Waals surface area contributed by atoms with Gasteiger partial charge in [-0.15, -0.1) is 0 Å². The molecule has 404 valence electrons. The van der Waals surface area contributed by atoms with Crippen LogP contribution < -0.4 is 5.73 Å². The maximum Gasteiger partial charge on any atom is 0.472 e. The largest absolute Gasteiger partial charge is 0.472 e. The summed E-state index contributed by atoms with van der Waals surface area (Å²) in [5.41, 5.74) is 5.38. The summed E-state index contributed by atoms with van der Waals surface area (Å²) in [6.07, 6.45) is 67.4. The third-order valence-electron chi connectivity index (χ3n) is 12.7. The highest BCUT2D eigenvalue weighted by Crippen LogP contribution is 2.43. The lowest BCUT2D eigenvalue weighted by Crippen LogP contribution is -2.29. The van der Waals surface area contributed by atoms with Crippen LogP contribution in [0.15, 0.2) is 48.6 Å². The van der Waals surface area contributed by atoms with E-state index < -0.39 is 26.5 Å². The fraction of sp³-hybridized carbons (Fsp3) is 0.831. The Labute approximate surface area is 426 Å². The van der Waals surface area contributed by atoms with Crippen molar-refractivity contribution >= 4 is 19.8 Å². The highest BCUT2D eigenvalue weighted by Gasteiger charge is 2.26. The third-order valence-corrected chi connectivity index (χ3v) is 13.7. The van der Waals surface area contributed by atoms with Gasteiger partial charge in [0, 0.05) is 19.4 Å². The van der Waals surface area contributed by atoms with Crippen LogP contribution in [0, 0.1) is 0 Å². The van der Waals surface area contributed by atoms with E-state index in [4.69, 9.17) is 24.3 Å². The minimum Gasteiger partial charge on any atom is -0.462 e.